The largest absolute Gasteiger partial charge is 0.478 e. The first kappa shape index (κ1) is 13.6. The number of anilines is 1. The van der Waals surface area contributed by atoms with Crippen molar-refractivity contribution in [1.29, 1.82) is 0 Å². The van der Waals surface area contributed by atoms with E-state index in [0.717, 1.165) is 12.0 Å². The minimum Gasteiger partial charge on any atom is -0.478 e. The lowest BCUT2D eigenvalue weighted by molar-refractivity contribution is -0.384. The molecule has 2 heterocycles. The number of fused-ring (bicyclic) bond motifs is 1. The summed E-state index contributed by atoms with van der Waals surface area (Å²) >= 11 is 1.69. The van der Waals surface area contributed by atoms with Crippen molar-refractivity contribution < 1.29 is 14.8 Å². The molecule has 108 valence electrons. The fraction of sp³-hybridized carbons (Fsp3) is 0.214. The van der Waals surface area contributed by atoms with Gasteiger partial charge in [0.05, 0.1) is 10.5 Å². The smallest absolute Gasteiger partial charge is 0.335 e. The summed E-state index contributed by atoms with van der Waals surface area (Å²) in [4.78, 5) is 25.0. The number of carbonyl (C=O) groups is 1. The minimum atomic E-state index is -1.08. The Hall–Kier alpha value is -2.41. The van der Waals surface area contributed by atoms with Gasteiger partial charge in [0.15, 0.2) is 0 Å². The molecule has 0 saturated carbocycles. The van der Waals surface area contributed by atoms with E-state index in [0.29, 0.717) is 18.8 Å². The zero-order valence-corrected chi connectivity index (χ0v) is 11.8. The first-order valence-electron chi connectivity index (χ1n) is 6.38. The van der Waals surface area contributed by atoms with E-state index in [1.807, 2.05) is 16.3 Å². The minimum absolute atomic E-state index is 0.0568. The van der Waals surface area contributed by atoms with Gasteiger partial charge in [-0.1, -0.05) is 0 Å². The molecule has 1 aliphatic rings. The Morgan fingerprint density at radius 1 is 1.38 bits per heavy atom. The van der Waals surface area contributed by atoms with E-state index in [2.05, 4.69) is 0 Å². The van der Waals surface area contributed by atoms with Crippen LogP contribution in [0.3, 0.4) is 0 Å². The molecule has 0 radical (unpaired) electrons. The number of nitrogens with zero attached hydrogens (tertiary/aromatic N) is 2. The maximum absolute atomic E-state index is 11.2. The van der Waals surface area contributed by atoms with E-state index in [1.165, 1.54) is 23.1 Å². The van der Waals surface area contributed by atoms with Crippen molar-refractivity contribution in [3.63, 3.8) is 0 Å². The number of carboxylic acid groups (broad SMARTS) is 1. The van der Waals surface area contributed by atoms with Gasteiger partial charge in [0.2, 0.25) is 0 Å². The third-order valence-electron chi connectivity index (χ3n) is 3.57. The van der Waals surface area contributed by atoms with Crippen molar-refractivity contribution in [2.24, 2.45) is 0 Å². The number of aromatic carboxylic acids is 1. The van der Waals surface area contributed by atoms with Crippen molar-refractivity contribution in [3.05, 3.63) is 55.8 Å². The van der Waals surface area contributed by atoms with Crippen LogP contribution in [0.4, 0.5) is 11.4 Å². The second kappa shape index (κ2) is 5.17. The third-order valence-corrected chi connectivity index (χ3v) is 4.59. The molecule has 1 aromatic carbocycles. The average Bonchev–Trinajstić information content (AvgIpc) is 2.93. The molecule has 0 spiro atoms. The number of carboxylic acids is 1. The van der Waals surface area contributed by atoms with E-state index >= 15 is 0 Å². The Bertz CT molecular complexity index is 726. The van der Waals surface area contributed by atoms with E-state index in [4.69, 9.17) is 5.11 Å². The number of nitro groups is 1. The van der Waals surface area contributed by atoms with Crippen LogP contribution < -0.4 is 4.90 Å². The van der Waals surface area contributed by atoms with Crippen LogP contribution in [0.1, 0.15) is 20.8 Å². The lowest BCUT2D eigenvalue weighted by Crippen LogP contribution is -2.30. The number of nitro benzene ring substituents is 1. The van der Waals surface area contributed by atoms with Gasteiger partial charge >= 0.3 is 5.97 Å². The van der Waals surface area contributed by atoms with Gasteiger partial charge in [-0.25, -0.2) is 4.79 Å². The van der Waals surface area contributed by atoms with Gasteiger partial charge in [-0.2, -0.15) is 0 Å². The molecule has 0 fully saturated rings. The number of rotatable bonds is 3. The topological polar surface area (TPSA) is 83.7 Å². The molecular weight excluding hydrogens is 292 g/mol. The van der Waals surface area contributed by atoms with Gasteiger partial charge < -0.3 is 10.0 Å². The summed E-state index contributed by atoms with van der Waals surface area (Å²) in [5.41, 5.74) is 1.53. The monoisotopic (exact) mass is 304 g/mol. The molecule has 0 saturated heterocycles. The summed E-state index contributed by atoms with van der Waals surface area (Å²) in [5, 5.41) is 22.3. The van der Waals surface area contributed by atoms with Gasteiger partial charge in [0, 0.05) is 24.0 Å². The fourth-order valence-electron chi connectivity index (χ4n) is 2.52. The predicted molar refractivity (Wildman–Crippen MR) is 79.1 cm³/mol. The molecule has 1 aromatic heterocycles. The Morgan fingerprint density at radius 3 is 2.90 bits per heavy atom. The van der Waals surface area contributed by atoms with Crippen LogP contribution in [0.25, 0.3) is 0 Å². The van der Waals surface area contributed by atoms with Crippen molar-refractivity contribution in [2.45, 2.75) is 13.0 Å². The Balaban J connectivity index is 2.02. The van der Waals surface area contributed by atoms with Crippen LogP contribution in [-0.4, -0.2) is 22.5 Å². The van der Waals surface area contributed by atoms with Gasteiger partial charge in [-0.05, 0) is 35.6 Å². The van der Waals surface area contributed by atoms with Crippen molar-refractivity contribution in [3.8, 4) is 0 Å². The first-order valence-corrected chi connectivity index (χ1v) is 7.26. The summed E-state index contributed by atoms with van der Waals surface area (Å²) < 4.78 is 0. The molecule has 0 atom stereocenters. The fourth-order valence-corrected chi connectivity index (χ4v) is 3.41. The maximum Gasteiger partial charge on any atom is 0.335 e. The van der Waals surface area contributed by atoms with E-state index < -0.39 is 10.9 Å². The number of hydrogen-bond donors (Lipinski definition) is 1. The molecule has 1 aliphatic heterocycles. The molecule has 1 N–H and O–H groups in total. The highest BCUT2D eigenvalue weighted by Crippen LogP contribution is 2.34. The first-order chi connectivity index (χ1) is 10.1. The zero-order valence-electron chi connectivity index (χ0n) is 11.0. The molecule has 21 heavy (non-hydrogen) atoms. The molecule has 6 nitrogen and oxygen atoms in total. The normalized spacial score (nSPS) is 13.8. The highest BCUT2D eigenvalue weighted by atomic mass is 32.1. The van der Waals surface area contributed by atoms with E-state index in [-0.39, 0.29) is 11.3 Å². The van der Waals surface area contributed by atoms with Gasteiger partial charge in [-0.3, -0.25) is 10.1 Å². The Labute approximate surface area is 124 Å². The van der Waals surface area contributed by atoms with Crippen LogP contribution in [0, 0.1) is 10.1 Å². The summed E-state index contributed by atoms with van der Waals surface area (Å²) in [6.45, 7) is 1.22. The Kier molecular flexibility index (Phi) is 3.34. The lowest BCUT2D eigenvalue weighted by atomic mass is 10.1. The molecule has 0 aliphatic carbocycles. The van der Waals surface area contributed by atoms with Crippen LogP contribution in [-0.2, 0) is 13.0 Å². The molecule has 7 heteroatoms. The van der Waals surface area contributed by atoms with Crippen molar-refractivity contribution in [2.75, 3.05) is 11.4 Å². The van der Waals surface area contributed by atoms with Crippen LogP contribution in [0.2, 0.25) is 0 Å². The quantitative estimate of drug-likeness (QED) is 0.696. The standard InChI is InChI=1S/C14H12N2O4S/c17-14(18)9-1-2-11(16(19)20)12(7-9)15-5-3-13-10(8-15)4-6-21-13/h1-2,4,6-7H,3,5,8H2,(H,17,18). The van der Waals surface area contributed by atoms with Gasteiger partial charge in [-0.15, -0.1) is 11.3 Å². The molecular formula is C14H12N2O4S. The van der Waals surface area contributed by atoms with Crippen LogP contribution in [0.5, 0.6) is 0 Å². The highest BCUT2D eigenvalue weighted by molar-refractivity contribution is 7.10. The second-order valence-electron chi connectivity index (χ2n) is 4.81. The van der Waals surface area contributed by atoms with Crippen molar-refractivity contribution in [1.82, 2.24) is 0 Å². The van der Waals surface area contributed by atoms with Crippen LogP contribution in [0.15, 0.2) is 29.6 Å². The lowest BCUT2D eigenvalue weighted by Gasteiger charge is -2.28. The second-order valence-corrected chi connectivity index (χ2v) is 5.81. The maximum atomic E-state index is 11.2. The summed E-state index contributed by atoms with van der Waals surface area (Å²) in [6, 6.07) is 5.93. The molecule has 2 aromatic rings. The van der Waals surface area contributed by atoms with Gasteiger partial charge in [0.1, 0.15) is 5.69 Å². The number of hydrogen-bond acceptors (Lipinski definition) is 5. The molecule has 0 amide bonds. The highest BCUT2D eigenvalue weighted by Gasteiger charge is 2.25. The SMILES string of the molecule is O=C(O)c1ccc([N+](=O)[O-])c(N2CCc3sccc3C2)c1. The summed E-state index contributed by atoms with van der Waals surface area (Å²) in [7, 11) is 0. The number of thiophene rings is 1. The molecule has 3 rings (SSSR count). The van der Waals surface area contributed by atoms with Gasteiger partial charge in [0.25, 0.3) is 5.69 Å². The third kappa shape index (κ3) is 2.47. The molecule has 0 bridgehead atoms. The summed E-state index contributed by atoms with van der Waals surface area (Å²) in [5.74, 6) is -1.08. The summed E-state index contributed by atoms with van der Waals surface area (Å²) in [6.07, 6.45) is 0.821. The van der Waals surface area contributed by atoms with Crippen LogP contribution >= 0.6 is 11.3 Å². The van der Waals surface area contributed by atoms with Crippen molar-refractivity contribution >= 4 is 28.7 Å². The number of benzene rings is 1. The Morgan fingerprint density at radius 2 is 2.19 bits per heavy atom. The molecule has 0 unspecified atom stereocenters. The van der Waals surface area contributed by atoms with E-state index in [9.17, 15) is 14.9 Å². The average molecular weight is 304 g/mol. The van der Waals surface area contributed by atoms with E-state index in [1.54, 1.807) is 11.3 Å². The predicted octanol–water partition coefficient (Wildman–Crippen LogP) is 2.92. The zero-order chi connectivity index (χ0) is 15.0.